The van der Waals surface area contributed by atoms with Crippen molar-refractivity contribution in [3.05, 3.63) is 71.8 Å². The minimum absolute atomic E-state index is 0.102. The van der Waals surface area contributed by atoms with Gasteiger partial charge >= 0.3 is 0 Å². The zero-order valence-corrected chi connectivity index (χ0v) is 12.5. The highest BCUT2D eigenvalue weighted by atomic mass is 16.1. The van der Waals surface area contributed by atoms with Crippen LogP contribution in [0.1, 0.15) is 37.3 Å². The molecule has 108 valence electrons. The van der Waals surface area contributed by atoms with Crippen molar-refractivity contribution in [3.8, 4) is 0 Å². The van der Waals surface area contributed by atoms with Crippen molar-refractivity contribution in [1.29, 1.82) is 0 Å². The Hall–Kier alpha value is -2.35. The van der Waals surface area contributed by atoms with Gasteiger partial charge in [-0.2, -0.15) is 0 Å². The average molecular weight is 279 g/mol. The third kappa shape index (κ3) is 4.32. The summed E-state index contributed by atoms with van der Waals surface area (Å²) in [6.45, 7) is 4.32. The molecule has 0 aromatic heterocycles. The fraction of sp³-hybridized carbons (Fsp3) is 0.211. The van der Waals surface area contributed by atoms with Crippen molar-refractivity contribution in [2.24, 2.45) is 0 Å². The summed E-state index contributed by atoms with van der Waals surface area (Å²) >= 11 is 0. The van der Waals surface area contributed by atoms with Gasteiger partial charge in [0.05, 0.1) is 0 Å². The molecule has 0 bridgehead atoms. The third-order valence-electron chi connectivity index (χ3n) is 3.59. The maximum Gasteiger partial charge on any atom is 0.248 e. The van der Waals surface area contributed by atoms with Gasteiger partial charge in [0.15, 0.2) is 0 Å². The van der Waals surface area contributed by atoms with Crippen molar-refractivity contribution in [2.45, 2.75) is 26.2 Å². The van der Waals surface area contributed by atoms with Gasteiger partial charge in [-0.25, -0.2) is 0 Å². The van der Waals surface area contributed by atoms with Gasteiger partial charge in [-0.05, 0) is 35.6 Å². The molecule has 2 heteroatoms. The molecule has 0 spiro atoms. The molecule has 1 N–H and O–H groups in total. The van der Waals surface area contributed by atoms with Gasteiger partial charge in [-0.15, -0.1) is 0 Å². The van der Waals surface area contributed by atoms with E-state index >= 15 is 0 Å². The van der Waals surface area contributed by atoms with E-state index in [1.54, 1.807) is 6.08 Å². The molecule has 2 aromatic carbocycles. The van der Waals surface area contributed by atoms with E-state index in [1.165, 1.54) is 5.56 Å². The first kappa shape index (κ1) is 15.0. The first-order valence-electron chi connectivity index (χ1n) is 7.33. The van der Waals surface area contributed by atoms with Crippen LogP contribution in [0.15, 0.2) is 60.7 Å². The summed E-state index contributed by atoms with van der Waals surface area (Å²) in [5.74, 6) is 0.328. The second kappa shape index (κ2) is 7.44. The third-order valence-corrected chi connectivity index (χ3v) is 3.59. The molecule has 0 saturated heterocycles. The summed E-state index contributed by atoms with van der Waals surface area (Å²) < 4.78 is 0. The summed E-state index contributed by atoms with van der Waals surface area (Å²) in [5, 5.41) is 2.97. The van der Waals surface area contributed by atoms with Gasteiger partial charge in [0, 0.05) is 11.8 Å². The lowest BCUT2D eigenvalue weighted by molar-refractivity contribution is -0.111. The van der Waals surface area contributed by atoms with E-state index in [2.05, 4.69) is 25.2 Å². The van der Waals surface area contributed by atoms with E-state index < -0.39 is 0 Å². The number of rotatable bonds is 5. The second-order valence-corrected chi connectivity index (χ2v) is 5.13. The molecule has 0 heterocycles. The number of anilines is 1. The molecular weight excluding hydrogens is 258 g/mol. The predicted molar refractivity (Wildman–Crippen MR) is 89.3 cm³/mol. The average Bonchev–Trinajstić information content (AvgIpc) is 2.54. The van der Waals surface area contributed by atoms with Crippen molar-refractivity contribution in [1.82, 2.24) is 0 Å². The SMILES string of the molecule is CCC(C)c1ccccc1NC(=O)/C=C/c1ccccc1. The Labute approximate surface area is 126 Å². The van der Waals surface area contributed by atoms with Crippen molar-refractivity contribution < 1.29 is 4.79 Å². The topological polar surface area (TPSA) is 29.1 Å². The lowest BCUT2D eigenvalue weighted by atomic mass is 9.97. The highest BCUT2D eigenvalue weighted by Crippen LogP contribution is 2.26. The normalized spacial score (nSPS) is 12.3. The van der Waals surface area contributed by atoms with Gasteiger partial charge in [-0.3, -0.25) is 4.79 Å². The summed E-state index contributed by atoms with van der Waals surface area (Å²) in [6, 6.07) is 17.8. The maximum absolute atomic E-state index is 12.1. The molecular formula is C19H21NO. The summed E-state index contributed by atoms with van der Waals surface area (Å²) in [4.78, 5) is 12.1. The number of hydrogen-bond acceptors (Lipinski definition) is 1. The monoisotopic (exact) mass is 279 g/mol. The molecule has 0 radical (unpaired) electrons. The van der Waals surface area contributed by atoms with Crippen LogP contribution in [0.5, 0.6) is 0 Å². The minimum atomic E-state index is -0.102. The van der Waals surface area contributed by atoms with Gasteiger partial charge in [0.2, 0.25) is 5.91 Å². The van der Waals surface area contributed by atoms with Gasteiger partial charge < -0.3 is 5.32 Å². The fourth-order valence-corrected chi connectivity index (χ4v) is 2.17. The lowest BCUT2D eigenvalue weighted by Gasteiger charge is -2.14. The Morgan fingerprint density at radius 2 is 1.76 bits per heavy atom. The molecule has 0 fully saturated rings. The van der Waals surface area contributed by atoms with Crippen LogP contribution in [0.25, 0.3) is 6.08 Å². The van der Waals surface area contributed by atoms with Crippen LogP contribution in [0.2, 0.25) is 0 Å². The highest BCUT2D eigenvalue weighted by Gasteiger charge is 2.09. The largest absolute Gasteiger partial charge is 0.322 e. The summed E-state index contributed by atoms with van der Waals surface area (Å²) in [6.07, 6.45) is 4.44. The molecule has 0 aliphatic rings. The van der Waals surface area contributed by atoms with Gasteiger partial charge in [-0.1, -0.05) is 62.4 Å². The van der Waals surface area contributed by atoms with E-state index in [4.69, 9.17) is 0 Å². The molecule has 0 aliphatic carbocycles. The van der Waals surface area contributed by atoms with Crippen LogP contribution in [-0.4, -0.2) is 5.91 Å². The van der Waals surface area contributed by atoms with Crippen molar-refractivity contribution in [3.63, 3.8) is 0 Å². The zero-order chi connectivity index (χ0) is 15.1. The van der Waals surface area contributed by atoms with E-state index in [0.29, 0.717) is 5.92 Å². The number of hydrogen-bond donors (Lipinski definition) is 1. The summed E-state index contributed by atoms with van der Waals surface area (Å²) in [5.41, 5.74) is 3.10. The molecule has 0 aliphatic heterocycles. The molecule has 1 unspecified atom stereocenters. The maximum atomic E-state index is 12.1. The Morgan fingerprint density at radius 3 is 2.48 bits per heavy atom. The molecule has 2 nitrogen and oxygen atoms in total. The number of nitrogens with one attached hydrogen (secondary N) is 1. The standard InChI is InChI=1S/C19H21NO/c1-3-15(2)17-11-7-8-12-18(17)20-19(21)14-13-16-9-5-4-6-10-16/h4-15H,3H2,1-2H3,(H,20,21)/b14-13+. The Balaban J connectivity index is 2.08. The first-order chi connectivity index (χ1) is 10.2. The number of para-hydroxylation sites is 1. The first-order valence-corrected chi connectivity index (χ1v) is 7.33. The van der Waals surface area contributed by atoms with E-state index in [-0.39, 0.29) is 5.91 Å². The quantitative estimate of drug-likeness (QED) is 0.779. The molecule has 0 saturated carbocycles. The molecule has 2 rings (SSSR count). The van der Waals surface area contributed by atoms with Crippen LogP contribution in [0.4, 0.5) is 5.69 Å². The number of carbonyl (C=O) groups excluding carboxylic acids is 1. The van der Waals surface area contributed by atoms with Crippen LogP contribution < -0.4 is 5.32 Å². The molecule has 2 aromatic rings. The van der Waals surface area contributed by atoms with Crippen LogP contribution in [0.3, 0.4) is 0 Å². The second-order valence-electron chi connectivity index (χ2n) is 5.13. The number of carbonyl (C=O) groups is 1. The van der Waals surface area contributed by atoms with Crippen LogP contribution in [-0.2, 0) is 4.79 Å². The van der Waals surface area contributed by atoms with Crippen LogP contribution >= 0.6 is 0 Å². The molecule has 21 heavy (non-hydrogen) atoms. The van der Waals surface area contributed by atoms with Crippen molar-refractivity contribution in [2.75, 3.05) is 5.32 Å². The van der Waals surface area contributed by atoms with Crippen molar-refractivity contribution >= 4 is 17.7 Å². The Morgan fingerprint density at radius 1 is 1.10 bits per heavy atom. The zero-order valence-electron chi connectivity index (χ0n) is 12.5. The van der Waals surface area contributed by atoms with E-state index in [9.17, 15) is 4.79 Å². The highest BCUT2D eigenvalue weighted by molar-refractivity contribution is 6.02. The minimum Gasteiger partial charge on any atom is -0.322 e. The number of benzene rings is 2. The van der Waals surface area contributed by atoms with E-state index in [0.717, 1.165) is 17.7 Å². The lowest BCUT2D eigenvalue weighted by Crippen LogP contribution is -2.10. The molecule has 1 atom stereocenters. The van der Waals surface area contributed by atoms with Crippen LogP contribution in [0, 0.1) is 0 Å². The van der Waals surface area contributed by atoms with E-state index in [1.807, 2.05) is 54.6 Å². The summed E-state index contributed by atoms with van der Waals surface area (Å²) in [7, 11) is 0. The van der Waals surface area contributed by atoms with Gasteiger partial charge in [0.1, 0.15) is 0 Å². The smallest absolute Gasteiger partial charge is 0.248 e. The predicted octanol–water partition coefficient (Wildman–Crippen LogP) is 4.85. The Kier molecular flexibility index (Phi) is 5.33. The fourth-order valence-electron chi connectivity index (χ4n) is 2.17. The Bertz CT molecular complexity index is 616. The molecule has 1 amide bonds. The van der Waals surface area contributed by atoms with Gasteiger partial charge in [0.25, 0.3) is 0 Å². The number of amides is 1.